The van der Waals surface area contributed by atoms with Crippen molar-refractivity contribution in [2.24, 2.45) is 0 Å². The predicted molar refractivity (Wildman–Crippen MR) is 74.8 cm³/mol. The Labute approximate surface area is 117 Å². The number of rotatable bonds is 2. The first kappa shape index (κ1) is 13.8. The number of aryl methyl sites for hydroxylation is 2. The summed E-state index contributed by atoms with van der Waals surface area (Å²) in [5.41, 5.74) is 1.18. The van der Waals surface area contributed by atoms with Gasteiger partial charge < -0.3 is 9.64 Å². The third-order valence-electron chi connectivity index (χ3n) is 3.32. The molecule has 2 heterocycles. The molecule has 1 saturated heterocycles. The van der Waals surface area contributed by atoms with Gasteiger partial charge in [0.25, 0.3) is 5.91 Å². The molecule has 1 fully saturated rings. The number of thiophene rings is 1. The SMILES string of the molecule is Cc1cc(C(=O)N2CC(CCl)OCC2C)sc1C. The van der Waals surface area contributed by atoms with E-state index in [0.717, 1.165) is 4.88 Å². The van der Waals surface area contributed by atoms with Gasteiger partial charge in [0.15, 0.2) is 0 Å². The highest BCUT2D eigenvalue weighted by molar-refractivity contribution is 7.14. The van der Waals surface area contributed by atoms with Crippen molar-refractivity contribution in [2.45, 2.75) is 32.9 Å². The Bertz CT molecular complexity index is 427. The van der Waals surface area contributed by atoms with Gasteiger partial charge in [0.05, 0.1) is 29.5 Å². The number of morpholine rings is 1. The summed E-state index contributed by atoms with van der Waals surface area (Å²) in [4.78, 5) is 16.4. The summed E-state index contributed by atoms with van der Waals surface area (Å²) in [5, 5.41) is 0. The highest BCUT2D eigenvalue weighted by Crippen LogP contribution is 2.24. The summed E-state index contributed by atoms with van der Waals surface area (Å²) in [7, 11) is 0. The molecular formula is C13H18ClNO2S. The first-order valence-corrected chi connectivity index (χ1v) is 7.43. The predicted octanol–water partition coefficient (Wildman–Crippen LogP) is 2.83. The second-order valence-corrected chi connectivity index (χ2v) is 6.33. The third-order valence-corrected chi connectivity index (χ3v) is 4.80. The molecule has 5 heteroatoms. The van der Waals surface area contributed by atoms with Gasteiger partial charge in [-0.2, -0.15) is 0 Å². The molecule has 1 amide bonds. The minimum absolute atomic E-state index is 0.0472. The summed E-state index contributed by atoms with van der Waals surface area (Å²) in [6.45, 7) is 7.23. The first-order valence-electron chi connectivity index (χ1n) is 6.08. The monoisotopic (exact) mass is 287 g/mol. The van der Waals surface area contributed by atoms with E-state index in [9.17, 15) is 4.79 Å². The van der Waals surface area contributed by atoms with Crippen molar-refractivity contribution >= 4 is 28.8 Å². The number of hydrogen-bond donors (Lipinski definition) is 0. The van der Waals surface area contributed by atoms with Gasteiger partial charge >= 0.3 is 0 Å². The molecule has 2 rings (SSSR count). The average molecular weight is 288 g/mol. The fourth-order valence-electron chi connectivity index (χ4n) is 2.01. The summed E-state index contributed by atoms with van der Waals surface area (Å²) in [6, 6.07) is 2.08. The van der Waals surface area contributed by atoms with Gasteiger partial charge in [-0.1, -0.05) is 0 Å². The number of alkyl halides is 1. The molecule has 1 aromatic heterocycles. The van der Waals surface area contributed by atoms with Crippen LogP contribution in [0.4, 0.5) is 0 Å². The van der Waals surface area contributed by atoms with Crippen LogP contribution in [0, 0.1) is 13.8 Å². The molecule has 100 valence electrons. The lowest BCUT2D eigenvalue weighted by Gasteiger charge is -2.37. The van der Waals surface area contributed by atoms with Gasteiger partial charge in [0.2, 0.25) is 0 Å². The number of hydrogen-bond acceptors (Lipinski definition) is 3. The Morgan fingerprint density at radius 3 is 2.89 bits per heavy atom. The topological polar surface area (TPSA) is 29.5 Å². The molecule has 0 spiro atoms. The van der Waals surface area contributed by atoms with E-state index in [-0.39, 0.29) is 18.1 Å². The number of carbonyl (C=O) groups excluding carboxylic acids is 1. The van der Waals surface area contributed by atoms with Crippen LogP contribution in [0.25, 0.3) is 0 Å². The van der Waals surface area contributed by atoms with Crippen molar-refractivity contribution in [3.05, 3.63) is 21.4 Å². The van der Waals surface area contributed by atoms with E-state index in [1.54, 1.807) is 11.3 Å². The Kier molecular flexibility index (Phi) is 4.30. The maximum absolute atomic E-state index is 12.5. The molecule has 0 N–H and O–H groups in total. The van der Waals surface area contributed by atoms with E-state index in [1.165, 1.54) is 10.4 Å². The Morgan fingerprint density at radius 2 is 2.33 bits per heavy atom. The maximum atomic E-state index is 12.5. The van der Waals surface area contributed by atoms with Crippen LogP contribution in [0.5, 0.6) is 0 Å². The molecule has 1 aliphatic rings. The quantitative estimate of drug-likeness (QED) is 0.783. The van der Waals surface area contributed by atoms with Gasteiger partial charge in [-0.15, -0.1) is 22.9 Å². The van der Waals surface area contributed by atoms with Gasteiger partial charge in [-0.05, 0) is 32.4 Å². The second kappa shape index (κ2) is 5.59. The number of ether oxygens (including phenoxy) is 1. The molecular weight excluding hydrogens is 270 g/mol. The Hall–Kier alpha value is -0.580. The van der Waals surface area contributed by atoms with E-state index < -0.39 is 0 Å². The van der Waals surface area contributed by atoms with Crippen LogP contribution in [0.15, 0.2) is 6.07 Å². The smallest absolute Gasteiger partial charge is 0.264 e. The fraction of sp³-hybridized carbons (Fsp3) is 0.615. The number of carbonyl (C=O) groups is 1. The number of halogens is 1. The number of amides is 1. The molecule has 1 aliphatic heterocycles. The van der Waals surface area contributed by atoms with Crippen LogP contribution in [-0.4, -0.2) is 42.0 Å². The molecule has 3 nitrogen and oxygen atoms in total. The van der Waals surface area contributed by atoms with Crippen LogP contribution in [0.1, 0.15) is 27.0 Å². The van der Waals surface area contributed by atoms with Gasteiger partial charge in [0.1, 0.15) is 0 Å². The molecule has 2 unspecified atom stereocenters. The van der Waals surface area contributed by atoms with Gasteiger partial charge in [-0.3, -0.25) is 4.79 Å². The van der Waals surface area contributed by atoms with Crippen molar-refractivity contribution in [2.75, 3.05) is 19.0 Å². The summed E-state index contributed by atoms with van der Waals surface area (Å²) in [5.74, 6) is 0.529. The summed E-state index contributed by atoms with van der Waals surface area (Å²) < 4.78 is 5.56. The third kappa shape index (κ3) is 2.71. The molecule has 18 heavy (non-hydrogen) atoms. The normalized spacial score (nSPS) is 24.3. The van der Waals surface area contributed by atoms with Crippen LogP contribution < -0.4 is 0 Å². The number of nitrogens with zero attached hydrogens (tertiary/aromatic N) is 1. The van der Waals surface area contributed by atoms with Crippen molar-refractivity contribution in [1.82, 2.24) is 4.90 Å². The summed E-state index contributed by atoms with van der Waals surface area (Å²) in [6.07, 6.45) is -0.0472. The molecule has 0 bridgehead atoms. The zero-order valence-corrected chi connectivity index (χ0v) is 12.5. The van der Waals surface area contributed by atoms with Crippen LogP contribution >= 0.6 is 22.9 Å². The largest absolute Gasteiger partial charge is 0.373 e. The standard InChI is InChI=1S/C13H18ClNO2S/c1-8-4-12(18-10(8)3)13(16)15-6-11(5-14)17-7-9(15)2/h4,9,11H,5-7H2,1-3H3. The van der Waals surface area contributed by atoms with Crippen LogP contribution in [0.2, 0.25) is 0 Å². The maximum Gasteiger partial charge on any atom is 0.264 e. The minimum Gasteiger partial charge on any atom is -0.373 e. The lowest BCUT2D eigenvalue weighted by atomic mass is 10.2. The van der Waals surface area contributed by atoms with Gasteiger partial charge in [0, 0.05) is 11.4 Å². The molecule has 0 radical (unpaired) electrons. The zero-order chi connectivity index (χ0) is 13.3. The van der Waals surface area contributed by atoms with Gasteiger partial charge in [-0.25, -0.2) is 0 Å². The van der Waals surface area contributed by atoms with E-state index in [4.69, 9.17) is 16.3 Å². The first-order chi connectivity index (χ1) is 8.52. The minimum atomic E-state index is -0.0472. The average Bonchev–Trinajstić information content (AvgIpc) is 2.69. The lowest BCUT2D eigenvalue weighted by molar-refractivity contribution is -0.0370. The molecule has 0 aromatic carbocycles. The highest BCUT2D eigenvalue weighted by atomic mass is 35.5. The fourth-order valence-corrected chi connectivity index (χ4v) is 3.19. The molecule has 2 atom stereocenters. The van der Waals surface area contributed by atoms with Crippen LogP contribution in [0.3, 0.4) is 0 Å². The lowest BCUT2D eigenvalue weighted by Crippen LogP contribution is -2.51. The highest BCUT2D eigenvalue weighted by Gasteiger charge is 2.30. The van der Waals surface area contributed by atoms with Crippen molar-refractivity contribution in [3.8, 4) is 0 Å². The zero-order valence-electron chi connectivity index (χ0n) is 10.9. The molecule has 1 aromatic rings. The van der Waals surface area contributed by atoms with E-state index >= 15 is 0 Å². The van der Waals surface area contributed by atoms with Crippen molar-refractivity contribution < 1.29 is 9.53 Å². The van der Waals surface area contributed by atoms with Crippen LogP contribution in [-0.2, 0) is 4.74 Å². The van der Waals surface area contributed by atoms with E-state index in [1.807, 2.05) is 31.7 Å². The molecule has 0 aliphatic carbocycles. The van der Waals surface area contributed by atoms with Crippen molar-refractivity contribution in [3.63, 3.8) is 0 Å². The van der Waals surface area contributed by atoms with Crippen molar-refractivity contribution in [1.29, 1.82) is 0 Å². The Morgan fingerprint density at radius 1 is 1.61 bits per heavy atom. The summed E-state index contributed by atoms with van der Waals surface area (Å²) >= 11 is 7.38. The Balaban J connectivity index is 2.16. The second-order valence-electron chi connectivity index (χ2n) is 4.77. The van der Waals surface area contributed by atoms with E-state index in [2.05, 4.69) is 0 Å². The molecule has 0 saturated carbocycles. The van der Waals surface area contributed by atoms with E-state index in [0.29, 0.717) is 19.0 Å².